The maximum absolute atomic E-state index is 13.2. The lowest BCUT2D eigenvalue weighted by atomic mass is 9.87. The van der Waals surface area contributed by atoms with Crippen LogP contribution in [0.3, 0.4) is 0 Å². The Morgan fingerprint density at radius 2 is 1.54 bits per heavy atom. The van der Waals surface area contributed by atoms with Crippen molar-refractivity contribution in [3.8, 4) is 23.0 Å². The Morgan fingerprint density at radius 3 is 2.23 bits per heavy atom. The highest BCUT2D eigenvalue weighted by molar-refractivity contribution is 5.91. The molecule has 1 atom stereocenters. The third-order valence-electron chi connectivity index (χ3n) is 6.15. The molecule has 3 aromatic carbocycles. The van der Waals surface area contributed by atoms with Crippen molar-refractivity contribution in [2.24, 2.45) is 0 Å². The molecule has 4 aromatic rings. The number of carbonyl (C=O) groups excluding carboxylic acids is 1. The quantitative estimate of drug-likeness (QED) is 0.337. The summed E-state index contributed by atoms with van der Waals surface area (Å²) in [6.07, 6.45) is 2.17. The number of fused-ring (bicyclic) bond motifs is 1. The molecular weight excluding hydrogens is 444 g/mol. The fraction of sp³-hybridized carbons (Fsp3) is 0.250. The van der Waals surface area contributed by atoms with Gasteiger partial charge in [0.2, 0.25) is 5.91 Å². The summed E-state index contributed by atoms with van der Waals surface area (Å²) in [7, 11) is 6.51. The molecule has 7 nitrogen and oxygen atoms in total. The van der Waals surface area contributed by atoms with Gasteiger partial charge in [0, 0.05) is 47.6 Å². The van der Waals surface area contributed by atoms with Crippen LogP contribution in [-0.4, -0.2) is 39.3 Å². The van der Waals surface area contributed by atoms with E-state index in [0.717, 1.165) is 39.1 Å². The van der Waals surface area contributed by atoms with Gasteiger partial charge in [0.05, 0.1) is 28.4 Å². The monoisotopic (exact) mass is 474 g/mol. The Bertz CT molecular complexity index is 1300. The number of H-pyrrole nitrogens is 1. The number of nitrogens with one attached hydrogen (secondary N) is 2. The van der Waals surface area contributed by atoms with E-state index in [1.165, 1.54) is 0 Å². The van der Waals surface area contributed by atoms with E-state index in [2.05, 4.69) is 10.3 Å². The van der Waals surface area contributed by atoms with E-state index in [4.69, 9.17) is 18.9 Å². The van der Waals surface area contributed by atoms with Crippen molar-refractivity contribution in [3.05, 3.63) is 83.6 Å². The van der Waals surface area contributed by atoms with Crippen LogP contribution in [-0.2, 0) is 11.3 Å². The van der Waals surface area contributed by atoms with Crippen LogP contribution in [0.5, 0.6) is 23.0 Å². The van der Waals surface area contributed by atoms with Crippen molar-refractivity contribution in [2.75, 3.05) is 28.4 Å². The van der Waals surface area contributed by atoms with Crippen LogP contribution in [0.2, 0.25) is 0 Å². The van der Waals surface area contributed by atoms with Crippen molar-refractivity contribution < 1.29 is 23.7 Å². The number of rotatable bonds is 10. The predicted octanol–water partition coefficient (Wildman–Crippen LogP) is 5.04. The van der Waals surface area contributed by atoms with E-state index >= 15 is 0 Å². The number of hydrogen-bond donors (Lipinski definition) is 2. The fourth-order valence-corrected chi connectivity index (χ4v) is 4.32. The van der Waals surface area contributed by atoms with E-state index in [0.29, 0.717) is 18.0 Å². The molecule has 0 aliphatic carbocycles. The van der Waals surface area contributed by atoms with E-state index < -0.39 is 0 Å². The van der Waals surface area contributed by atoms with Gasteiger partial charge in [0.25, 0.3) is 0 Å². The standard InChI is InChI=1S/C28H30N2O5/c1-32-19-10-8-18(9-11-19)16-30-27(31)15-22(21-13-12-20(33-2)14-26(21)35-4)23-17-29-24-6-5-7-25(34-3)28(23)24/h5-14,17,22,29H,15-16H2,1-4H3,(H,30,31). The molecule has 0 aliphatic heterocycles. The van der Waals surface area contributed by atoms with Crippen molar-refractivity contribution in [1.82, 2.24) is 10.3 Å². The van der Waals surface area contributed by atoms with Gasteiger partial charge in [-0.15, -0.1) is 0 Å². The van der Waals surface area contributed by atoms with E-state index in [1.54, 1.807) is 28.4 Å². The van der Waals surface area contributed by atoms with Gasteiger partial charge in [0.15, 0.2) is 0 Å². The van der Waals surface area contributed by atoms with Crippen molar-refractivity contribution in [2.45, 2.75) is 18.9 Å². The molecule has 0 saturated heterocycles. The zero-order valence-electron chi connectivity index (χ0n) is 20.4. The second-order valence-electron chi connectivity index (χ2n) is 8.12. The Kier molecular flexibility index (Phi) is 7.45. The number of carbonyl (C=O) groups is 1. The van der Waals surface area contributed by atoms with E-state index in [1.807, 2.05) is 66.9 Å². The highest BCUT2D eigenvalue weighted by Crippen LogP contribution is 2.41. The summed E-state index contributed by atoms with van der Waals surface area (Å²) >= 11 is 0. The van der Waals surface area contributed by atoms with Crippen LogP contribution in [0, 0.1) is 0 Å². The molecule has 0 saturated carbocycles. The average Bonchev–Trinajstić information content (AvgIpc) is 3.34. The Morgan fingerprint density at radius 1 is 0.829 bits per heavy atom. The summed E-state index contributed by atoms with van der Waals surface area (Å²) in [6.45, 7) is 0.423. The SMILES string of the molecule is COc1ccc(CNC(=O)CC(c2ccc(OC)cc2OC)c2c[nH]c3cccc(OC)c23)cc1. The average molecular weight is 475 g/mol. The summed E-state index contributed by atoms with van der Waals surface area (Å²) in [5, 5.41) is 3.99. The molecule has 0 radical (unpaired) electrons. The zero-order valence-corrected chi connectivity index (χ0v) is 20.4. The maximum Gasteiger partial charge on any atom is 0.221 e. The zero-order chi connectivity index (χ0) is 24.8. The third-order valence-corrected chi connectivity index (χ3v) is 6.15. The number of ether oxygens (including phenoxy) is 4. The normalized spacial score (nSPS) is 11.7. The van der Waals surface area contributed by atoms with Crippen LogP contribution in [0.25, 0.3) is 10.9 Å². The fourth-order valence-electron chi connectivity index (χ4n) is 4.32. The maximum atomic E-state index is 13.2. The Labute approximate surface area is 205 Å². The number of aromatic amines is 1. The van der Waals surface area contributed by atoms with Crippen LogP contribution in [0.4, 0.5) is 0 Å². The molecule has 182 valence electrons. The number of benzene rings is 3. The molecule has 7 heteroatoms. The van der Waals surface area contributed by atoms with Gasteiger partial charge >= 0.3 is 0 Å². The predicted molar refractivity (Wildman–Crippen MR) is 136 cm³/mol. The molecule has 2 N–H and O–H groups in total. The van der Waals surface area contributed by atoms with E-state index in [-0.39, 0.29) is 18.2 Å². The lowest BCUT2D eigenvalue weighted by molar-refractivity contribution is -0.121. The highest BCUT2D eigenvalue weighted by Gasteiger charge is 2.26. The highest BCUT2D eigenvalue weighted by atomic mass is 16.5. The number of amides is 1. The van der Waals surface area contributed by atoms with Gasteiger partial charge < -0.3 is 29.2 Å². The van der Waals surface area contributed by atoms with Crippen LogP contribution in [0.1, 0.15) is 29.0 Å². The molecule has 1 heterocycles. The van der Waals surface area contributed by atoms with Crippen molar-refractivity contribution >= 4 is 16.8 Å². The molecule has 1 amide bonds. The van der Waals surface area contributed by atoms with Crippen LogP contribution >= 0.6 is 0 Å². The first-order valence-corrected chi connectivity index (χ1v) is 11.3. The van der Waals surface area contributed by atoms with Gasteiger partial charge in [-0.25, -0.2) is 0 Å². The minimum Gasteiger partial charge on any atom is -0.497 e. The van der Waals surface area contributed by atoms with Gasteiger partial charge in [0.1, 0.15) is 23.0 Å². The summed E-state index contributed by atoms with van der Waals surface area (Å²) < 4.78 is 21.9. The Balaban J connectivity index is 1.68. The smallest absolute Gasteiger partial charge is 0.221 e. The second kappa shape index (κ2) is 10.9. The van der Waals surface area contributed by atoms with Crippen LogP contribution in [0.15, 0.2) is 66.9 Å². The third kappa shape index (κ3) is 5.19. The minimum atomic E-state index is -0.281. The first-order chi connectivity index (χ1) is 17.1. The number of aromatic nitrogens is 1. The molecule has 0 spiro atoms. The molecule has 1 aromatic heterocycles. The summed E-state index contributed by atoms with van der Waals surface area (Å²) in [5.74, 6) is 2.51. The lowest BCUT2D eigenvalue weighted by Gasteiger charge is -2.21. The van der Waals surface area contributed by atoms with Gasteiger partial charge in [-0.3, -0.25) is 4.79 Å². The first-order valence-electron chi connectivity index (χ1n) is 11.3. The second-order valence-corrected chi connectivity index (χ2v) is 8.12. The van der Waals surface area contributed by atoms with Crippen molar-refractivity contribution in [3.63, 3.8) is 0 Å². The van der Waals surface area contributed by atoms with Gasteiger partial charge in [-0.2, -0.15) is 0 Å². The summed E-state index contributed by atoms with van der Waals surface area (Å²) in [5.41, 5.74) is 3.78. The van der Waals surface area contributed by atoms with Crippen LogP contribution < -0.4 is 24.3 Å². The topological polar surface area (TPSA) is 81.8 Å². The Hall–Kier alpha value is -4.13. The molecule has 4 rings (SSSR count). The largest absolute Gasteiger partial charge is 0.497 e. The number of hydrogen-bond acceptors (Lipinski definition) is 5. The molecular formula is C28H30N2O5. The van der Waals surface area contributed by atoms with Crippen molar-refractivity contribution in [1.29, 1.82) is 0 Å². The number of methoxy groups -OCH3 is 4. The first kappa shape index (κ1) is 24.0. The van der Waals surface area contributed by atoms with Gasteiger partial charge in [-0.05, 0) is 41.5 Å². The molecule has 35 heavy (non-hydrogen) atoms. The lowest BCUT2D eigenvalue weighted by Crippen LogP contribution is -2.25. The molecule has 0 aliphatic rings. The molecule has 0 fully saturated rings. The summed E-state index contributed by atoms with van der Waals surface area (Å²) in [4.78, 5) is 16.5. The molecule has 1 unspecified atom stereocenters. The summed E-state index contributed by atoms with van der Waals surface area (Å²) in [6, 6.07) is 19.2. The minimum absolute atomic E-state index is 0.0760. The molecule has 0 bridgehead atoms. The van der Waals surface area contributed by atoms with Gasteiger partial charge in [-0.1, -0.05) is 24.3 Å². The van der Waals surface area contributed by atoms with E-state index in [9.17, 15) is 4.79 Å².